The third kappa shape index (κ3) is 5.06. The molecule has 8 heteroatoms. The van der Waals surface area contributed by atoms with Gasteiger partial charge in [-0.05, 0) is 37.8 Å². The lowest BCUT2D eigenvalue weighted by atomic mass is 9.75. The van der Waals surface area contributed by atoms with E-state index in [2.05, 4.69) is 10.6 Å². The molecule has 0 spiro atoms. The third-order valence-corrected chi connectivity index (χ3v) is 5.02. The molecule has 1 saturated carbocycles. The summed E-state index contributed by atoms with van der Waals surface area (Å²) in [6.07, 6.45) is 3.41. The van der Waals surface area contributed by atoms with E-state index in [1.54, 1.807) is 0 Å². The van der Waals surface area contributed by atoms with Crippen LogP contribution in [0.1, 0.15) is 44.1 Å². The summed E-state index contributed by atoms with van der Waals surface area (Å²) in [5.74, 6) is -1.57. The predicted molar refractivity (Wildman–Crippen MR) is 99.6 cm³/mol. The molecule has 0 heterocycles. The van der Waals surface area contributed by atoms with Crippen LogP contribution in [0.5, 0.6) is 0 Å². The van der Waals surface area contributed by atoms with Crippen molar-refractivity contribution in [2.24, 2.45) is 11.1 Å². The quantitative estimate of drug-likeness (QED) is 0.315. The molecule has 2 amide bonds. The van der Waals surface area contributed by atoms with Gasteiger partial charge in [-0.1, -0.05) is 43.2 Å². The van der Waals surface area contributed by atoms with Gasteiger partial charge in [0.15, 0.2) is 0 Å². The highest BCUT2D eigenvalue weighted by atomic mass is 16.4. The Labute approximate surface area is 154 Å². The summed E-state index contributed by atoms with van der Waals surface area (Å²) in [6.45, 7) is 0.746. The minimum absolute atomic E-state index is 0.304. The number of benzene rings is 1. The largest absolute Gasteiger partial charge is 0.475 e. The van der Waals surface area contributed by atoms with Crippen LogP contribution in [0.3, 0.4) is 0 Å². The lowest BCUT2D eigenvalue weighted by Crippen LogP contribution is -2.55. The van der Waals surface area contributed by atoms with Gasteiger partial charge in [-0.15, -0.1) is 0 Å². The van der Waals surface area contributed by atoms with Gasteiger partial charge in [0.2, 0.25) is 11.8 Å². The van der Waals surface area contributed by atoms with Crippen LogP contribution in [0.25, 0.3) is 0 Å². The normalized spacial score (nSPS) is 16.7. The van der Waals surface area contributed by atoms with Gasteiger partial charge in [0.25, 0.3) is 0 Å². The van der Waals surface area contributed by atoms with Crippen LogP contribution in [0.15, 0.2) is 30.3 Å². The second-order valence-electron chi connectivity index (χ2n) is 6.88. The summed E-state index contributed by atoms with van der Waals surface area (Å²) in [7, 11) is -1.68. The standard InChI is InChI=1S/C18H28BN3O4/c20-12-6-9-15(19(25)26)22-17(24)18(10-4-5-11-18)16(23)21-13-14-7-2-1-3-8-14/h1-3,7-8,15,25-26H,4-6,9-13,20H2,(H,21,23)(H,22,24)/t15-/m0/s1. The zero-order valence-electron chi connectivity index (χ0n) is 15.0. The van der Waals surface area contributed by atoms with Gasteiger partial charge in [0, 0.05) is 6.54 Å². The Bertz CT molecular complexity index is 591. The summed E-state index contributed by atoms with van der Waals surface area (Å²) in [5.41, 5.74) is 5.27. The Morgan fingerprint density at radius 2 is 1.81 bits per heavy atom. The maximum absolute atomic E-state index is 12.9. The van der Waals surface area contributed by atoms with Gasteiger partial charge < -0.3 is 26.4 Å². The maximum atomic E-state index is 12.9. The minimum atomic E-state index is -1.68. The number of amides is 2. The van der Waals surface area contributed by atoms with Crippen LogP contribution in [0, 0.1) is 5.41 Å². The van der Waals surface area contributed by atoms with Gasteiger partial charge in [0.05, 0.1) is 5.94 Å². The molecule has 0 bridgehead atoms. The lowest BCUT2D eigenvalue weighted by molar-refractivity contribution is -0.143. The molecule has 0 aromatic heterocycles. The van der Waals surface area contributed by atoms with Crippen molar-refractivity contribution < 1.29 is 19.6 Å². The zero-order valence-corrected chi connectivity index (χ0v) is 15.0. The summed E-state index contributed by atoms with van der Waals surface area (Å²) >= 11 is 0. The second-order valence-corrected chi connectivity index (χ2v) is 6.88. The third-order valence-electron chi connectivity index (χ3n) is 5.02. The fourth-order valence-electron chi connectivity index (χ4n) is 3.42. The van der Waals surface area contributed by atoms with Crippen LogP contribution < -0.4 is 16.4 Å². The summed E-state index contributed by atoms with van der Waals surface area (Å²) in [4.78, 5) is 25.7. The molecule has 0 saturated heterocycles. The number of hydrogen-bond acceptors (Lipinski definition) is 5. The van der Waals surface area contributed by atoms with E-state index in [0.717, 1.165) is 18.4 Å². The Hall–Kier alpha value is -1.90. The van der Waals surface area contributed by atoms with Gasteiger partial charge in [-0.25, -0.2) is 0 Å². The molecule has 142 valence electrons. The fourth-order valence-corrected chi connectivity index (χ4v) is 3.42. The van der Waals surface area contributed by atoms with E-state index >= 15 is 0 Å². The summed E-state index contributed by atoms with van der Waals surface area (Å²) in [5, 5.41) is 24.5. The van der Waals surface area contributed by atoms with E-state index < -0.39 is 24.4 Å². The highest BCUT2D eigenvalue weighted by molar-refractivity contribution is 6.43. The molecule has 2 rings (SSSR count). The monoisotopic (exact) mass is 361 g/mol. The van der Waals surface area contributed by atoms with Crippen LogP contribution in [0.4, 0.5) is 0 Å². The molecule has 0 aliphatic heterocycles. The molecule has 0 unspecified atom stereocenters. The molecule has 1 aromatic rings. The van der Waals surface area contributed by atoms with Gasteiger partial charge in [-0.2, -0.15) is 0 Å². The Morgan fingerprint density at radius 1 is 1.15 bits per heavy atom. The average molecular weight is 361 g/mol. The van der Waals surface area contributed by atoms with Crippen LogP contribution in [-0.4, -0.2) is 41.5 Å². The number of nitrogens with two attached hydrogens (primary N) is 1. The Balaban J connectivity index is 2.04. The Morgan fingerprint density at radius 3 is 2.38 bits per heavy atom. The van der Waals surface area contributed by atoms with Crippen molar-refractivity contribution in [1.29, 1.82) is 0 Å². The van der Waals surface area contributed by atoms with Crippen molar-refractivity contribution in [2.75, 3.05) is 6.54 Å². The first-order valence-electron chi connectivity index (χ1n) is 9.19. The van der Waals surface area contributed by atoms with E-state index in [-0.39, 0.29) is 5.91 Å². The molecule has 26 heavy (non-hydrogen) atoms. The van der Waals surface area contributed by atoms with Crippen LogP contribution in [-0.2, 0) is 16.1 Å². The average Bonchev–Trinajstić information content (AvgIpc) is 3.15. The van der Waals surface area contributed by atoms with Gasteiger partial charge in [0.1, 0.15) is 5.41 Å². The van der Waals surface area contributed by atoms with Gasteiger partial charge in [-0.3, -0.25) is 9.59 Å². The molecule has 1 aliphatic rings. The minimum Gasteiger partial charge on any atom is -0.426 e. The zero-order chi connectivity index (χ0) is 19.0. The first-order chi connectivity index (χ1) is 12.5. The molecule has 1 aliphatic carbocycles. The number of carbonyl (C=O) groups excluding carboxylic acids is 2. The van der Waals surface area contributed by atoms with Gasteiger partial charge >= 0.3 is 7.12 Å². The lowest BCUT2D eigenvalue weighted by Gasteiger charge is -2.29. The molecule has 0 radical (unpaired) electrons. The number of rotatable bonds is 9. The van der Waals surface area contributed by atoms with E-state index in [4.69, 9.17) is 5.73 Å². The summed E-state index contributed by atoms with van der Waals surface area (Å²) in [6, 6.07) is 9.51. The highest BCUT2D eigenvalue weighted by Crippen LogP contribution is 2.39. The van der Waals surface area contributed by atoms with Crippen molar-refractivity contribution in [2.45, 2.75) is 51.0 Å². The molecule has 1 aromatic carbocycles. The predicted octanol–water partition coefficient (Wildman–Crippen LogP) is 0.0989. The molecule has 1 atom stereocenters. The van der Waals surface area contributed by atoms with E-state index in [1.165, 1.54) is 0 Å². The van der Waals surface area contributed by atoms with E-state index in [1.807, 2.05) is 30.3 Å². The number of hydrogen-bond donors (Lipinski definition) is 5. The maximum Gasteiger partial charge on any atom is 0.475 e. The molecular weight excluding hydrogens is 333 g/mol. The molecule has 7 nitrogen and oxygen atoms in total. The topological polar surface area (TPSA) is 125 Å². The Kier molecular flexibility index (Phi) is 7.62. The van der Waals surface area contributed by atoms with Crippen molar-refractivity contribution in [3.63, 3.8) is 0 Å². The molecule has 1 fully saturated rings. The fraction of sp³-hybridized carbons (Fsp3) is 0.556. The van der Waals surface area contributed by atoms with Crippen molar-refractivity contribution in [1.82, 2.24) is 10.6 Å². The SMILES string of the molecule is NCCC[C@H](NC(=O)C1(C(=O)NCc2ccccc2)CCCC1)B(O)O. The number of carbonyl (C=O) groups is 2. The van der Waals surface area contributed by atoms with Crippen LogP contribution >= 0.6 is 0 Å². The van der Waals surface area contributed by atoms with Crippen molar-refractivity contribution in [3.05, 3.63) is 35.9 Å². The molecular formula is C18H28BN3O4. The molecule has 6 N–H and O–H groups in total. The first kappa shape index (κ1) is 20.4. The van der Waals surface area contributed by atoms with Crippen molar-refractivity contribution >= 4 is 18.9 Å². The summed E-state index contributed by atoms with van der Waals surface area (Å²) < 4.78 is 0. The van der Waals surface area contributed by atoms with Crippen molar-refractivity contribution in [3.8, 4) is 0 Å². The number of nitrogens with one attached hydrogen (secondary N) is 2. The second kappa shape index (κ2) is 9.71. The first-order valence-corrected chi connectivity index (χ1v) is 9.19. The van der Waals surface area contributed by atoms with E-state index in [9.17, 15) is 19.6 Å². The van der Waals surface area contributed by atoms with Crippen LogP contribution in [0.2, 0.25) is 0 Å². The smallest absolute Gasteiger partial charge is 0.426 e. The van der Waals surface area contributed by atoms with E-state index in [0.29, 0.717) is 38.8 Å². The highest BCUT2D eigenvalue weighted by Gasteiger charge is 2.48.